The first-order valence-corrected chi connectivity index (χ1v) is 7.22. The van der Waals surface area contributed by atoms with Gasteiger partial charge >= 0.3 is 6.18 Å². The SMILES string of the molecule is CNCCCC(=O)NCC(O)COc1ccc(C(F)(F)F)cc1.Cl. The predicted molar refractivity (Wildman–Crippen MR) is 86.4 cm³/mol. The van der Waals surface area contributed by atoms with Crippen LogP contribution in [-0.2, 0) is 11.0 Å². The lowest BCUT2D eigenvalue weighted by atomic mass is 10.2. The van der Waals surface area contributed by atoms with Crippen molar-refractivity contribution >= 4 is 18.3 Å². The van der Waals surface area contributed by atoms with Crippen molar-refractivity contribution in [3.05, 3.63) is 29.8 Å². The number of benzene rings is 1. The zero-order valence-electron chi connectivity index (χ0n) is 13.2. The molecule has 0 fully saturated rings. The Bertz CT molecular complexity index is 484. The Kier molecular flexibility index (Phi) is 10.4. The molecule has 1 aromatic rings. The number of ether oxygens (including phenoxy) is 1. The van der Waals surface area contributed by atoms with E-state index in [2.05, 4.69) is 10.6 Å². The summed E-state index contributed by atoms with van der Waals surface area (Å²) in [5.41, 5.74) is -0.765. The lowest BCUT2D eigenvalue weighted by Crippen LogP contribution is -2.35. The van der Waals surface area contributed by atoms with Gasteiger partial charge in [0.05, 0.1) is 5.56 Å². The van der Waals surface area contributed by atoms with Crippen molar-refractivity contribution in [2.75, 3.05) is 26.7 Å². The maximum absolute atomic E-state index is 12.4. The van der Waals surface area contributed by atoms with E-state index in [1.165, 1.54) is 12.1 Å². The number of rotatable bonds is 9. The van der Waals surface area contributed by atoms with Crippen LogP contribution in [0.2, 0.25) is 0 Å². The van der Waals surface area contributed by atoms with Crippen LogP contribution in [0.5, 0.6) is 5.75 Å². The molecule has 0 spiro atoms. The van der Waals surface area contributed by atoms with E-state index in [4.69, 9.17) is 4.74 Å². The number of amides is 1. The summed E-state index contributed by atoms with van der Waals surface area (Å²) >= 11 is 0. The third kappa shape index (κ3) is 8.95. The van der Waals surface area contributed by atoms with Gasteiger partial charge in [0.2, 0.25) is 5.91 Å². The first kappa shape index (κ1) is 22.5. The van der Waals surface area contributed by atoms with Crippen LogP contribution in [0, 0.1) is 0 Å². The predicted octanol–water partition coefficient (Wildman–Crippen LogP) is 1.98. The number of carbonyl (C=O) groups is 1. The molecule has 9 heteroatoms. The van der Waals surface area contributed by atoms with Crippen LogP contribution >= 0.6 is 12.4 Å². The number of halogens is 4. The van der Waals surface area contributed by atoms with Crippen molar-refractivity contribution in [3.8, 4) is 5.75 Å². The molecule has 0 aliphatic carbocycles. The van der Waals surface area contributed by atoms with Crippen molar-refractivity contribution in [2.24, 2.45) is 0 Å². The highest BCUT2D eigenvalue weighted by Gasteiger charge is 2.30. The van der Waals surface area contributed by atoms with Gasteiger partial charge in [-0.05, 0) is 44.3 Å². The van der Waals surface area contributed by atoms with Crippen LogP contribution in [0.3, 0.4) is 0 Å². The van der Waals surface area contributed by atoms with Crippen molar-refractivity contribution in [2.45, 2.75) is 25.1 Å². The molecule has 1 rings (SSSR count). The number of aliphatic hydroxyl groups excluding tert-OH is 1. The van der Waals surface area contributed by atoms with E-state index < -0.39 is 17.8 Å². The lowest BCUT2D eigenvalue weighted by molar-refractivity contribution is -0.137. The number of hydrogen-bond acceptors (Lipinski definition) is 4. The molecule has 0 saturated heterocycles. The van der Waals surface area contributed by atoms with E-state index in [1.807, 2.05) is 0 Å². The summed E-state index contributed by atoms with van der Waals surface area (Å²) in [4.78, 5) is 11.4. The minimum Gasteiger partial charge on any atom is -0.491 e. The van der Waals surface area contributed by atoms with E-state index in [1.54, 1.807) is 7.05 Å². The van der Waals surface area contributed by atoms with Crippen LogP contribution in [0.4, 0.5) is 13.2 Å². The Labute approximate surface area is 145 Å². The van der Waals surface area contributed by atoms with E-state index in [9.17, 15) is 23.1 Å². The summed E-state index contributed by atoms with van der Waals surface area (Å²) < 4.78 is 42.4. The molecule has 0 heterocycles. The molecule has 1 atom stereocenters. The minimum absolute atomic E-state index is 0. The molecule has 0 aliphatic rings. The normalized spacial score (nSPS) is 12.2. The molecule has 1 aromatic carbocycles. The van der Waals surface area contributed by atoms with Gasteiger partial charge in [-0.2, -0.15) is 13.2 Å². The highest BCUT2D eigenvalue weighted by atomic mass is 35.5. The molecule has 1 unspecified atom stereocenters. The summed E-state index contributed by atoms with van der Waals surface area (Å²) in [5.74, 6) is 0.0474. The zero-order valence-corrected chi connectivity index (χ0v) is 14.0. The summed E-state index contributed by atoms with van der Waals surface area (Å²) in [6.07, 6.45) is -4.28. The Morgan fingerprint density at radius 2 is 1.92 bits per heavy atom. The fourth-order valence-corrected chi connectivity index (χ4v) is 1.74. The second-order valence-corrected chi connectivity index (χ2v) is 5.00. The molecule has 24 heavy (non-hydrogen) atoms. The van der Waals surface area contributed by atoms with Gasteiger partial charge in [-0.3, -0.25) is 4.79 Å². The van der Waals surface area contributed by atoms with Gasteiger partial charge in [0, 0.05) is 13.0 Å². The van der Waals surface area contributed by atoms with Gasteiger partial charge in [0.15, 0.2) is 0 Å². The summed E-state index contributed by atoms with van der Waals surface area (Å²) in [7, 11) is 1.79. The van der Waals surface area contributed by atoms with Crippen molar-refractivity contribution < 1.29 is 27.8 Å². The van der Waals surface area contributed by atoms with E-state index in [0.717, 1.165) is 18.7 Å². The first-order chi connectivity index (χ1) is 10.8. The maximum Gasteiger partial charge on any atom is 0.416 e. The Morgan fingerprint density at radius 1 is 1.29 bits per heavy atom. The highest BCUT2D eigenvalue weighted by molar-refractivity contribution is 5.85. The lowest BCUT2D eigenvalue weighted by Gasteiger charge is -2.14. The molecule has 0 saturated carbocycles. The molecular weight excluding hydrogens is 349 g/mol. The Balaban J connectivity index is 0.00000529. The molecular formula is C15H22ClF3N2O3. The molecule has 3 N–H and O–H groups in total. The highest BCUT2D eigenvalue weighted by Crippen LogP contribution is 2.30. The first-order valence-electron chi connectivity index (χ1n) is 7.22. The van der Waals surface area contributed by atoms with Gasteiger partial charge < -0.3 is 20.5 Å². The van der Waals surface area contributed by atoms with Crippen LogP contribution in [-0.4, -0.2) is 43.9 Å². The van der Waals surface area contributed by atoms with E-state index in [-0.39, 0.29) is 37.2 Å². The molecule has 0 bridgehead atoms. The third-order valence-electron chi connectivity index (χ3n) is 2.99. The zero-order chi connectivity index (χ0) is 17.3. The van der Waals surface area contributed by atoms with Crippen LogP contribution < -0.4 is 15.4 Å². The van der Waals surface area contributed by atoms with Gasteiger partial charge in [-0.1, -0.05) is 0 Å². The molecule has 1 amide bonds. The second-order valence-electron chi connectivity index (χ2n) is 5.00. The molecule has 138 valence electrons. The van der Waals surface area contributed by atoms with Gasteiger partial charge in [-0.25, -0.2) is 0 Å². The monoisotopic (exact) mass is 370 g/mol. The number of aliphatic hydroxyl groups is 1. The fraction of sp³-hybridized carbons (Fsp3) is 0.533. The molecule has 0 aliphatic heterocycles. The third-order valence-corrected chi connectivity index (χ3v) is 2.99. The summed E-state index contributed by atoms with van der Waals surface area (Å²) in [5, 5.41) is 15.2. The van der Waals surface area contributed by atoms with E-state index >= 15 is 0 Å². The van der Waals surface area contributed by atoms with Crippen molar-refractivity contribution in [1.82, 2.24) is 10.6 Å². The summed E-state index contributed by atoms with van der Waals surface area (Å²) in [6, 6.07) is 4.19. The quantitative estimate of drug-likeness (QED) is 0.581. The van der Waals surface area contributed by atoms with Crippen LogP contribution in [0.1, 0.15) is 18.4 Å². The molecule has 0 radical (unpaired) electrons. The van der Waals surface area contributed by atoms with Crippen molar-refractivity contribution in [3.63, 3.8) is 0 Å². The smallest absolute Gasteiger partial charge is 0.416 e. The average molecular weight is 371 g/mol. The average Bonchev–Trinajstić information content (AvgIpc) is 2.50. The topological polar surface area (TPSA) is 70.6 Å². The molecule has 5 nitrogen and oxygen atoms in total. The Morgan fingerprint density at radius 3 is 2.46 bits per heavy atom. The standard InChI is InChI=1S/C15H21F3N2O3.ClH/c1-19-8-2-3-14(22)20-9-12(21)10-23-13-6-4-11(5-7-13)15(16,17)18;/h4-7,12,19,21H,2-3,8-10H2,1H3,(H,20,22);1H. The number of hydrogen-bond donors (Lipinski definition) is 3. The number of nitrogens with one attached hydrogen (secondary N) is 2. The second kappa shape index (κ2) is 11.1. The van der Waals surface area contributed by atoms with Crippen LogP contribution in [0.25, 0.3) is 0 Å². The fourth-order valence-electron chi connectivity index (χ4n) is 1.74. The van der Waals surface area contributed by atoms with Gasteiger partial charge in [-0.15, -0.1) is 12.4 Å². The van der Waals surface area contributed by atoms with Crippen molar-refractivity contribution in [1.29, 1.82) is 0 Å². The largest absolute Gasteiger partial charge is 0.491 e. The molecule has 0 aromatic heterocycles. The van der Waals surface area contributed by atoms with Gasteiger partial charge in [0.1, 0.15) is 18.5 Å². The van der Waals surface area contributed by atoms with Crippen LogP contribution in [0.15, 0.2) is 24.3 Å². The van der Waals surface area contributed by atoms with E-state index in [0.29, 0.717) is 12.8 Å². The number of carbonyl (C=O) groups excluding carboxylic acids is 1. The minimum atomic E-state index is -4.39. The van der Waals surface area contributed by atoms with Gasteiger partial charge in [0.25, 0.3) is 0 Å². The summed E-state index contributed by atoms with van der Waals surface area (Å²) in [6.45, 7) is 0.633. The number of alkyl halides is 3. The maximum atomic E-state index is 12.4. The Hall–Kier alpha value is -1.51.